The maximum atomic E-state index is 11.8. The van der Waals surface area contributed by atoms with Gasteiger partial charge in [0.2, 0.25) is 0 Å². The SMILES string of the molecule is FC(F)(F)CCNc1cncc(Br)c1. The molecule has 1 N–H and O–H groups in total. The summed E-state index contributed by atoms with van der Waals surface area (Å²) in [6.45, 7) is -0.137. The van der Waals surface area contributed by atoms with Gasteiger partial charge in [-0.25, -0.2) is 0 Å². The Bertz CT molecular complexity index is 301. The second kappa shape index (κ2) is 4.63. The van der Waals surface area contributed by atoms with E-state index >= 15 is 0 Å². The average Bonchev–Trinajstić information content (AvgIpc) is 2.01. The van der Waals surface area contributed by atoms with E-state index in [1.807, 2.05) is 0 Å². The van der Waals surface area contributed by atoms with E-state index in [0.717, 1.165) is 4.47 Å². The van der Waals surface area contributed by atoms with Crippen molar-refractivity contribution in [2.75, 3.05) is 11.9 Å². The molecule has 1 aromatic heterocycles. The van der Waals surface area contributed by atoms with Crippen molar-refractivity contribution in [3.05, 3.63) is 22.9 Å². The lowest BCUT2D eigenvalue weighted by molar-refractivity contribution is -0.131. The summed E-state index contributed by atoms with van der Waals surface area (Å²) in [5.41, 5.74) is 0.573. The Balaban J connectivity index is 2.39. The van der Waals surface area contributed by atoms with E-state index in [9.17, 15) is 13.2 Å². The third-order valence-corrected chi connectivity index (χ3v) is 1.88. The molecule has 1 aromatic rings. The molecule has 2 nitrogen and oxygen atoms in total. The molecule has 0 aliphatic heterocycles. The van der Waals surface area contributed by atoms with E-state index in [-0.39, 0.29) is 6.54 Å². The number of pyridine rings is 1. The number of anilines is 1. The molecule has 0 aromatic carbocycles. The quantitative estimate of drug-likeness (QED) is 0.911. The lowest BCUT2D eigenvalue weighted by Gasteiger charge is -2.08. The van der Waals surface area contributed by atoms with Gasteiger partial charge in [0.05, 0.1) is 18.3 Å². The Hall–Kier alpha value is -0.780. The molecule has 0 saturated carbocycles. The van der Waals surface area contributed by atoms with Gasteiger partial charge in [-0.1, -0.05) is 0 Å². The number of rotatable bonds is 3. The van der Waals surface area contributed by atoms with Crippen molar-refractivity contribution in [2.45, 2.75) is 12.6 Å². The first kappa shape index (κ1) is 11.3. The summed E-state index contributed by atoms with van der Waals surface area (Å²) in [5.74, 6) is 0. The van der Waals surface area contributed by atoms with Crippen molar-refractivity contribution in [3.63, 3.8) is 0 Å². The van der Waals surface area contributed by atoms with Crippen LogP contribution in [0.1, 0.15) is 6.42 Å². The van der Waals surface area contributed by atoms with E-state index in [4.69, 9.17) is 0 Å². The van der Waals surface area contributed by atoms with E-state index in [0.29, 0.717) is 5.69 Å². The van der Waals surface area contributed by atoms with Crippen LogP contribution >= 0.6 is 15.9 Å². The zero-order valence-electron chi connectivity index (χ0n) is 7.11. The largest absolute Gasteiger partial charge is 0.390 e. The number of alkyl halides is 3. The van der Waals surface area contributed by atoms with Crippen LogP contribution in [-0.2, 0) is 0 Å². The predicted octanol–water partition coefficient (Wildman–Crippen LogP) is 3.21. The van der Waals surface area contributed by atoms with Crippen LogP contribution in [0.15, 0.2) is 22.9 Å². The van der Waals surface area contributed by atoms with Crippen molar-refractivity contribution in [3.8, 4) is 0 Å². The molecule has 0 radical (unpaired) electrons. The number of nitrogens with one attached hydrogen (secondary N) is 1. The summed E-state index contributed by atoms with van der Waals surface area (Å²) in [6.07, 6.45) is -1.93. The lowest BCUT2D eigenvalue weighted by Crippen LogP contribution is -2.14. The maximum Gasteiger partial charge on any atom is 0.390 e. The molecule has 0 atom stereocenters. The highest BCUT2D eigenvalue weighted by Gasteiger charge is 2.25. The molecule has 1 rings (SSSR count). The topological polar surface area (TPSA) is 24.9 Å². The van der Waals surface area contributed by atoms with Gasteiger partial charge in [0.1, 0.15) is 0 Å². The molecular formula is C8H8BrF3N2. The van der Waals surface area contributed by atoms with Crippen molar-refractivity contribution < 1.29 is 13.2 Å². The van der Waals surface area contributed by atoms with Crippen molar-refractivity contribution in [1.82, 2.24) is 4.98 Å². The summed E-state index contributed by atoms with van der Waals surface area (Å²) < 4.78 is 36.0. The molecule has 0 fully saturated rings. The minimum absolute atomic E-state index is 0.137. The molecule has 0 aliphatic rings. The number of nitrogens with zero attached hydrogens (tertiary/aromatic N) is 1. The normalized spacial score (nSPS) is 11.4. The van der Waals surface area contributed by atoms with Crippen LogP contribution in [0.5, 0.6) is 0 Å². The molecule has 0 saturated heterocycles. The molecule has 0 bridgehead atoms. The summed E-state index contributed by atoms with van der Waals surface area (Å²) >= 11 is 3.17. The predicted molar refractivity (Wildman–Crippen MR) is 51.1 cm³/mol. The van der Waals surface area contributed by atoms with Crippen LogP contribution < -0.4 is 5.32 Å². The third kappa shape index (κ3) is 4.45. The molecule has 6 heteroatoms. The minimum Gasteiger partial charge on any atom is -0.383 e. The van der Waals surface area contributed by atoms with Crippen LogP contribution in [-0.4, -0.2) is 17.7 Å². The first-order valence-electron chi connectivity index (χ1n) is 3.88. The zero-order chi connectivity index (χ0) is 10.6. The van der Waals surface area contributed by atoms with Crippen molar-refractivity contribution in [2.24, 2.45) is 0 Å². The average molecular weight is 269 g/mol. The Labute approximate surface area is 87.7 Å². The van der Waals surface area contributed by atoms with Crippen LogP contribution in [0.2, 0.25) is 0 Å². The van der Waals surface area contributed by atoms with E-state index < -0.39 is 12.6 Å². The van der Waals surface area contributed by atoms with Crippen LogP contribution in [0.25, 0.3) is 0 Å². The fourth-order valence-corrected chi connectivity index (χ4v) is 1.22. The molecule has 0 aliphatic carbocycles. The first-order chi connectivity index (χ1) is 6.47. The number of hydrogen-bond donors (Lipinski definition) is 1. The van der Waals surface area contributed by atoms with Crippen LogP contribution in [0.3, 0.4) is 0 Å². The Kier molecular flexibility index (Phi) is 3.74. The highest BCUT2D eigenvalue weighted by atomic mass is 79.9. The highest BCUT2D eigenvalue weighted by molar-refractivity contribution is 9.10. The first-order valence-corrected chi connectivity index (χ1v) is 4.68. The monoisotopic (exact) mass is 268 g/mol. The summed E-state index contributed by atoms with van der Waals surface area (Å²) in [6, 6.07) is 1.67. The molecule has 14 heavy (non-hydrogen) atoms. The van der Waals surface area contributed by atoms with Gasteiger partial charge in [-0.3, -0.25) is 4.98 Å². The maximum absolute atomic E-state index is 11.8. The van der Waals surface area contributed by atoms with E-state index in [1.165, 1.54) is 6.20 Å². The smallest absolute Gasteiger partial charge is 0.383 e. The Morgan fingerprint density at radius 1 is 1.36 bits per heavy atom. The molecule has 0 amide bonds. The second-order valence-corrected chi connectivity index (χ2v) is 3.60. The zero-order valence-corrected chi connectivity index (χ0v) is 8.69. The van der Waals surface area contributed by atoms with Gasteiger partial charge in [0.15, 0.2) is 0 Å². The molecule has 0 unspecified atom stereocenters. The number of halogens is 4. The molecule has 1 heterocycles. The van der Waals surface area contributed by atoms with Gasteiger partial charge in [0, 0.05) is 17.2 Å². The van der Waals surface area contributed by atoms with Gasteiger partial charge in [0.25, 0.3) is 0 Å². The summed E-state index contributed by atoms with van der Waals surface area (Å²) in [5, 5.41) is 2.63. The second-order valence-electron chi connectivity index (χ2n) is 2.68. The fourth-order valence-electron chi connectivity index (χ4n) is 0.857. The highest BCUT2D eigenvalue weighted by Crippen LogP contribution is 2.20. The number of hydrogen-bond acceptors (Lipinski definition) is 2. The van der Waals surface area contributed by atoms with Gasteiger partial charge in [-0.2, -0.15) is 13.2 Å². The van der Waals surface area contributed by atoms with Crippen LogP contribution in [0.4, 0.5) is 18.9 Å². The van der Waals surface area contributed by atoms with Crippen LogP contribution in [0, 0.1) is 0 Å². The van der Waals surface area contributed by atoms with Gasteiger partial charge < -0.3 is 5.32 Å². The fraction of sp³-hybridized carbons (Fsp3) is 0.375. The van der Waals surface area contributed by atoms with E-state index in [1.54, 1.807) is 12.3 Å². The third-order valence-electron chi connectivity index (χ3n) is 1.44. The van der Waals surface area contributed by atoms with Crippen molar-refractivity contribution >= 4 is 21.6 Å². The number of aromatic nitrogens is 1. The van der Waals surface area contributed by atoms with Gasteiger partial charge >= 0.3 is 6.18 Å². The Morgan fingerprint density at radius 3 is 2.64 bits per heavy atom. The summed E-state index contributed by atoms with van der Waals surface area (Å²) in [7, 11) is 0. The lowest BCUT2D eigenvalue weighted by atomic mass is 10.3. The van der Waals surface area contributed by atoms with Gasteiger partial charge in [-0.05, 0) is 22.0 Å². The van der Waals surface area contributed by atoms with E-state index in [2.05, 4.69) is 26.2 Å². The van der Waals surface area contributed by atoms with Crippen molar-refractivity contribution in [1.29, 1.82) is 0 Å². The standard InChI is InChI=1S/C8H8BrF3N2/c9-6-3-7(5-13-4-6)14-2-1-8(10,11)12/h3-5,14H,1-2H2. The molecule has 0 spiro atoms. The molecular weight excluding hydrogens is 261 g/mol. The Morgan fingerprint density at radius 2 is 2.07 bits per heavy atom. The molecule has 78 valence electrons. The van der Waals surface area contributed by atoms with Gasteiger partial charge in [-0.15, -0.1) is 0 Å². The minimum atomic E-state index is -4.12. The summed E-state index contributed by atoms with van der Waals surface area (Å²) in [4.78, 5) is 3.81.